The third-order valence-electron chi connectivity index (χ3n) is 18.6. The molecule has 284 valence electrons. The van der Waals surface area contributed by atoms with E-state index >= 15 is 0 Å². The Balaban J connectivity index is 7.65. The molecule has 0 fully saturated rings. The predicted octanol–water partition coefficient (Wildman–Crippen LogP) is 16.1. The Morgan fingerprint density at radius 1 is 0.404 bits per heavy atom. The largest absolute Gasteiger partial charge is 0.0648 e. The highest BCUT2D eigenvalue weighted by molar-refractivity contribution is 5.21. The Bertz CT molecular complexity index is 976. The van der Waals surface area contributed by atoms with E-state index in [0.29, 0.717) is 46.8 Å². The first-order chi connectivity index (χ1) is 20.2. The molecule has 47 heavy (non-hydrogen) atoms. The van der Waals surface area contributed by atoms with Crippen molar-refractivity contribution in [1.29, 1.82) is 0 Å². The van der Waals surface area contributed by atoms with E-state index in [-0.39, 0.29) is 48.7 Å². The van der Waals surface area contributed by atoms with E-state index in [1.54, 1.807) is 0 Å². The molecule has 0 aromatic carbocycles. The second kappa shape index (κ2) is 13.9. The zero-order chi connectivity index (χ0) is 38.7. The van der Waals surface area contributed by atoms with Crippen LogP contribution in [0.2, 0.25) is 0 Å². The van der Waals surface area contributed by atoms with Gasteiger partial charge >= 0.3 is 0 Å². The Hall–Kier alpha value is 0. The molecule has 0 heteroatoms. The molecule has 0 saturated carbocycles. The van der Waals surface area contributed by atoms with E-state index in [1.165, 1.54) is 6.42 Å². The zero-order valence-corrected chi connectivity index (χ0v) is 38.7. The highest BCUT2D eigenvalue weighted by Gasteiger charge is 2.73. The fraction of sp³-hybridized carbons (Fsp3) is 1.00. The van der Waals surface area contributed by atoms with E-state index in [0.717, 1.165) is 0 Å². The van der Waals surface area contributed by atoms with Crippen molar-refractivity contribution < 1.29 is 0 Å². The molecule has 0 rings (SSSR count). The molecule has 0 aromatic heterocycles. The quantitative estimate of drug-likeness (QED) is 0.174. The van der Waals surface area contributed by atoms with Gasteiger partial charge in [0.25, 0.3) is 0 Å². The Morgan fingerprint density at radius 3 is 1.02 bits per heavy atom. The van der Waals surface area contributed by atoms with Gasteiger partial charge in [-0.15, -0.1) is 0 Å². The molecular weight excluding hydrogens is 565 g/mol. The molecule has 0 unspecified atom stereocenters. The van der Waals surface area contributed by atoms with Gasteiger partial charge < -0.3 is 0 Å². The molecule has 0 radical (unpaired) electrons. The molecule has 0 aromatic rings. The first-order valence-electron chi connectivity index (χ1n) is 20.2. The van der Waals surface area contributed by atoms with Gasteiger partial charge in [0.15, 0.2) is 0 Å². The minimum absolute atomic E-state index is 0.00706. The van der Waals surface area contributed by atoms with Crippen LogP contribution in [-0.4, -0.2) is 0 Å². The third-order valence-corrected chi connectivity index (χ3v) is 18.6. The minimum Gasteiger partial charge on any atom is -0.0648 e. The Kier molecular flexibility index (Phi) is 13.9. The van der Waals surface area contributed by atoms with Gasteiger partial charge in [-0.2, -0.15) is 0 Å². The lowest BCUT2D eigenvalue weighted by Crippen LogP contribution is -2.71. The van der Waals surface area contributed by atoms with Crippen LogP contribution in [0, 0.1) is 95.6 Å². The van der Waals surface area contributed by atoms with Gasteiger partial charge in [0.2, 0.25) is 0 Å². The normalized spacial score (nSPS) is 20.8. The van der Waals surface area contributed by atoms with E-state index in [4.69, 9.17) is 0 Å². The van der Waals surface area contributed by atoms with E-state index < -0.39 is 0 Å². The molecule has 0 N–H and O–H groups in total. The van der Waals surface area contributed by atoms with E-state index in [9.17, 15) is 0 Å². The molecule has 0 heterocycles. The third kappa shape index (κ3) is 7.23. The molecular formula is C47H96. The van der Waals surface area contributed by atoms with Gasteiger partial charge in [-0.05, 0) is 102 Å². The second-order valence-electron chi connectivity index (χ2n) is 23.9. The molecule has 0 aliphatic carbocycles. The van der Waals surface area contributed by atoms with Crippen LogP contribution < -0.4 is 0 Å². The Morgan fingerprint density at radius 2 is 0.745 bits per heavy atom. The fourth-order valence-corrected chi connectivity index (χ4v) is 13.5. The summed E-state index contributed by atoms with van der Waals surface area (Å²) in [5.41, 5.74) is 1.13. The molecule has 0 spiro atoms. The number of hydrogen-bond donors (Lipinski definition) is 0. The van der Waals surface area contributed by atoms with Crippen molar-refractivity contribution in [3.05, 3.63) is 0 Å². The van der Waals surface area contributed by atoms with Gasteiger partial charge in [-0.25, -0.2) is 0 Å². The van der Waals surface area contributed by atoms with Crippen LogP contribution in [0.5, 0.6) is 0 Å². The van der Waals surface area contributed by atoms with Crippen molar-refractivity contribution in [2.75, 3.05) is 0 Å². The first kappa shape index (κ1) is 47.0. The van der Waals surface area contributed by atoms with E-state index in [1.807, 2.05) is 0 Å². The maximum absolute atomic E-state index is 2.71. The molecule has 0 nitrogen and oxygen atoms in total. The van der Waals surface area contributed by atoms with Crippen LogP contribution in [0.1, 0.15) is 207 Å². The lowest BCUT2D eigenvalue weighted by molar-refractivity contribution is -0.294. The second-order valence-corrected chi connectivity index (χ2v) is 23.9. The zero-order valence-electron chi connectivity index (χ0n) is 38.7. The lowest BCUT2D eigenvalue weighted by atomic mass is 9.27. The summed E-state index contributed by atoms with van der Waals surface area (Å²) >= 11 is 0. The maximum Gasteiger partial charge on any atom is -0.00875 e. The molecule has 0 saturated heterocycles. The van der Waals surface area contributed by atoms with Gasteiger partial charge in [-0.3, -0.25) is 0 Å². The van der Waals surface area contributed by atoms with Crippen LogP contribution in [0.3, 0.4) is 0 Å². The highest BCUT2D eigenvalue weighted by atomic mass is 14.8. The SMILES string of the molecule is CC[C@](C)([C@@H](C)C(C)(C)C)C(C)(C)C(C(C)(C)C)(C(C)(C)C)C(C)(C)C(C)(C)[C@@H](C)[C@H](C)[C@@H](C)[C@H](C)C(C)(C)[C@H](C)C(C)(C)C(C)C. The van der Waals surface area contributed by atoms with Gasteiger partial charge in [0, 0.05) is 0 Å². The maximum atomic E-state index is 2.71. The molecule has 0 bridgehead atoms. The summed E-state index contributed by atoms with van der Waals surface area (Å²) < 4.78 is 0. The average Bonchev–Trinajstić information content (AvgIpc) is 2.86. The summed E-state index contributed by atoms with van der Waals surface area (Å²) in [7, 11) is 0. The predicted molar refractivity (Wildman–Crippen MR) is 218 cm³/mol. The van der Waals surface area contributed by atoms with Crippen LogP contribution in [-0.2, 0) is 0 Å². The molecule has 0 aliphatic rings. The van der Waals surface area contributed by atoms with Crippen molar-refractivity contribution in [2.24, 2.45) is 95.6 Å². The summed E-state index contributed by atoms with van der Waals surface area (Å²) in [4.78, 5) is 0. The minimum atomic E-state index is -0.00826. The van der Waals surface area contributed by atoms with Crippen LogP contribution in [0.25, 0.3) is 0 Å². The van der Waals surface area contributed by atoms with Crippen molar-refractivity contribution in [3.63, 3.8) is 0 Å². The van der Waals surface area contributed by atoms with Crippen molar-refractivity contribution in [1.82, 2.24) is 0 Å². The lowest BCUT2D eigenvalue weighted by Gasteiger charge is -2.77. The van der Waals surface area contributed by atoms with Crippen LogP contribution >= 0.6 is 0 Å². The number of rotatable bonds is 14. The highest BCUT2D eigenvalue weighted by Crippen LogP contribution is 2.79. The summed E-state index contributed by atoms with van der Waals surface area (Å²) in [6, 6.07) is 0. The summed E-state index contributed by atoms with van der Waals surface area (Å²) in [5.74, 6) is 4.24. The van der Waals surface area contributed by atoms with Crippen LogP contribution in [0.15, 0.2) is 0 Å². The first-order valence-corrected chi connectivity index (χ1v) is 20.2. The fourth-order valence-electron chi connectivity index (χ4n) is 13.5. The Labute approximate surface area is 302 Å². The average molecular weight is 661 g/mol. The van der Waals surface area contributed by atoms with Crippen LogP contribution in [0.4, 0.5) is 0 Å². The van der Waals surface area contributed by atoms with Crippen molar-refractivity contribution in [2.45, 2.75) is 207 Å². The molecule has 0 amide bonds. The topological polar surface area (TPSA) is 0 Å². The summed E-state index contributed by atoms with van der Waals surface area (Å²) in [6.07, 6.45) is 1.18. The monoisotopic (exact) mass is 661 g/mol. The smallest absolute Gasteiger partial charge is 0.00875 e. The standard InChI is InChI=1S/C47H96/c1-30-46(29,36(8)38(10,11)12)45(27,28)47(39(13,14)15,40(16,17)18)44(25,26)43(23,24)35(7)33(5)32(4)34(6)42(21,22)37(9)41(19,20)31(2)3/h31-37H,30H2,1-29H3/t32-,33-,34+,35+,36+,37-,46-/m1/s1. The summed E-state index contributed by atoms with van der Waals surface area (Å²) in [5, 5.41) is 0. The summed E-state index contributed by atoms with van der Waals surface area (Å²) in [6.45, 7) is 74.8. The van der Waals surface area contributed by atoms with E-state index in [2.05, 4.69) is 201 Å². The molecule has 7 atom stereocenters. The van der Waals surface area contributed by atoms with Crippen molar-refractivity contribution >= 4 is 0 Å². The van der Waals surface area contributed by atoms with Gasteiger partial charge in [0.05, 0.1) is 0 Å². The molecule has 0 aliphatic heterocycles. The van der Waals surface area contributed by atoms with Gasteiger partial charge in [-0.1, -0.05) is 201 Å². The van der Waals surface area contributed by atoms with Gasteiger partial charge in [0.1, 0.15) is 0 Å². The van der Waals surface area contributed by atoms with Crippen molar-refractivity contribution in [3.8, 4) is 0 Å². The number of hydrogen-bond acceptors (Lipinski definition) is 0.